The van der Waals surface area contributed by atoms with E-state index in [1.54, 1.807) is 50.5 Å². The summed E-state index contributed by atoms with van der Waals surface area (Å²) in [5.41, 5.74) is 0. The molecule has 0 bridgehead atoms. The fraction of sp³-hybridized carbons (Fsp3) is 0.741. The first-order valence-corrected chi connectivity index (χ1v) is 13.7. The molecule has 0 amide bonds. The summed E-state index contributed by atoms with van der Waals surface area (Å²) >= 11 is 0. The first kappa shape index (κ1) is 37.0. The second-order valence-corrected chi connectivity index (χ2v) is 8.47. The molecule has 0 N–H and O–H groups in total. The highest BCUT2D eigenvalue weighted by Crippen LogP contribution is 2.10. The maximum absolute atomic E-state index is 12.9. The van der Waals surface area contributed by atoms with Gasteiger partial charge in [0.25, 0.3) is 0 Å². The normalized spacial score (nSPS) is 11.7. The molecule has 230 valence electrons. The van der Waals surface area contributed by atoms with Gasteiger partial charge in [-0.2, -0.15) is 0 Å². The third-order valence-corrected chi connectivity index (χ3v) is 5.43. The van der Waals surface area contributed by atoms with Crippen LogP contribution in [0.4, 0.5) is 0 Å². The fourth-order valence-corrected chi connectivity index (χ4v) is 3.74. The monoisotopic (exact) mass is 573 g/mol. The van der Waals surface area contributed by atoms with Gasteiger partial charge in [-0.05, 0) is 41.0 Å². The van der Waals surface area contributed by atoms with E-state index in [0.29, 0.717) is 0 Å². The molecule has 1 atom stereocenters. The Bertz CT molecular complexity index is 705. The molecule has 0 rings (SSSR count). The topological polar surface area (TPSA) is 141 Å². The van der Waals surface area contributed by atoms with Gasteiger partial charge >= 0.3 is 29.8 Å². The van der Waals surface area contributed by atoms with Crippen LogP contribution in [-0.2, 0) is 47.7 Å². The molecule has 0 aromatic rings. The average Bonchev–Trinajstić information content (AvgIpc) is 2.88. The SMILES string of the molecule is C=CCC(C(=O)OCC)N(CCN(CC(=O)OCC)CC(=O)OCC)CCN(CC(=O)OCC)CC(=O)OCC. The van der Waals surface area contributed by atoms with Crippen molar-refractivity contribution < 1.29 is 47.7 Å². The summed E-state index contributed by atoms with van der Waals surface area (Å²) in [6.45, 7) is 13.5. The molecule has 13 nitrogen and oxygen atoms in total. The van der Waals surface area contributed by atoms with E-state index in [-0.39, 0.29) is 91.8 Å². The number of ether oxygens (including phenoxy) is 5. The lowest BCUT2D eigenvalue weighted by atomic mass is 10.1. The molecule has 13 heteroatoms. The Balaban J connectivity index is 5.91. The highest BCUT2D eigenvalue weighted by molar-refractivity contribution is 5.76. The van der Waals surface area contributed by atoms with Crippen LogP contribution >= 0.6 is 0 Å². The average molecular weight is 574 g/mol. The van der Waals surface area contributed by atoms with E-state index in [1.807, 2.05) is 4.90 Å². The number of rotatable bonds is 23. The van der Waals surface area contributed by atoms with Gasteiger partial charge in [0, 0.05) is 26.2 Å². The van der Waals surface area contributed by atoms with E-state index in [2.05, 4.69) is 6.58 Å². The van der Waals surface area contributed by atoms with Crippen LogP contribution < -0.4 is 0 Å². The van der Waals surface area contributed by atoms with E-state index < -0.39 is 35.9 Å². The molecule has 0 aromatic carbocycles. The lowest BCUT2D eigenvalue weighted by Crippen LogP contribution is -2.50. The molecule has 0 fully saturated rings. The summed E-state index contributed by atoms with van der Waals surface area (Å²) < 4.78 is 25.5. The number of carbonyl (C=O) groups is 5. The molecule has 1 unspecified atom stereocenters. The zero-order valence-electron chi connectivity index (χ0n) is 24.7. The smallest absolute Gasteiger partial charge is 0.323 e. The van der Waals surface area contributed by atoms with Gasteiger partial charge in [0.2, 0.25) is 0 Å². The summed E-state index contributed by atoms with van der Waals surface area (Å²) in [4.78, 5) is 66.6. The highest BCUT2D eigenvalue weighted by Gasteiger charge is 2.28. The maximum Gasteiger partial charge on any atom is 0.323 e. The first-order chi connectivity index (χ1) is 19.1. The summed E-state index contributed by atoms with van der Waals surface area (Å²) in [6, 6.07) is -0.725. The summed E-state index contributed by atoms with van der Waals surface area (Å²) in [6.07, 6.45) is 1.86. The van der Waals surface area contributed by atoms with Crippen molar-refractivity contribution in [2.45, 2.75) is 47.1 Å². The largest absolute Gasteiger partial charge is 0.465 e. The number of hydrogen-bond donors (Lipinski definition) is 0. The van der Waals surface area contributed by atoms with Crippen LogP contribution in [0.5, 0.6) is 0 Å². The van der Waals surface area contributed by atoms with E-state index in [1.165, 1.54) is 0 Å². The molecule has 0 radical (unpaired) electrons. The molecule has 0 heterocycles. The Hall–Kier alpha value is -3.03. The van der Waals surface area contributed by atoms with E-state index in [4.69, 9.17) is 23.7 Å². The van der Waals surface area contributed by atoms with Crippen LogP contribution in [0.3, 0.4) is 0 Å². The molecule has 0 aromatic heterocycles. The van der Waals surface area contributed by atoms with Crippen LogP contribution in [0.1, 0.15) is 41.0 Å². The fourth-order valence-electron chi connectivity index (χ4n) is 3.74. The Kier molecular flexibility index (Phi) is 21.0. The maximum atomic E-state index is 12.9. The van der Waals surface area contributed by atoms with E-state index in [9.17, 15) is 24.0 Å². The minimum Gasteiger partial charge on any atom is -0.465 e. The first-order valence-electron chi connectivity index (χ1n) is 13.7. The molecule has 0 saturated carbocycles. The Morgan fingerprint density at radius 1 is 0.575 bits per heavy atom. The van der Waals surface area contributed by atoms with Crippen LogP contribution in [0.2, 0.25) is 0 Å². The third kappa shape index (κ3) is 16.8. The van der Waals surface area contributed by atoms with Crippen molar-refractivity contribution in [2.24, 2.45) is 0 Å². The molecule has 0 aliphatic carbocycles. The lowest BCUT2D eigenvalue weighted by molar-refractivity contribution is -0.152. The van der Waals surface area contributed by atoms with Gasteiger partial charge in [0.15, 0.2) is 0 Å². The predicted octanol–water partition coefficient (Wildman–Crippen LogP) is 0.653. The Labute approximate surface area is 237 Å². The zero-order valence-corrected chi connectivity index (χ0v) is 24.7. The van der Waals surface area contributed by atoms with Gasteiger partial charge in [-0.15, -0.1) is 6.58 Å². The van der Waals surface area contributed by atoms with Crippen molar-refractivity contribution in [3.63, 3.8) is 0 Å². The highest BCUT2D eigenvalue weighted by atomic mass is 16.5. The van der Waals surface area contributed by atoms with Crippen LogP contribution in [0, 0.1) is 0 Å². The van der Waals surface area contributed by atoms with Crippen molar-refractivity contribution in [2.75, 3.05) is 85.4 Å². The summed E-state index contributed by atoms with van der Waals surface area (Å²) in [5, 5.41) is 0. The van der Waals surface area contributed by atoms with Gasteiger partial charge in [0.1, 0.15) is 6.04 Å². The predicted molar refractivity (Wildman–Crippen MR) is 146 cm³/mol. The van der Waals surface area contributed by atoms with Crippen LogP contribution in [0.15, 0.2) is 12.7 Å². The minimum absolute atomic E-state index is 0.149. The summed E-state index contributed by atoms with van der Waals surface area (Å²) in [5.74, 6) is -2.46. The molecular formula is C27H47N3O10. The van der Waals surface area contributed by atoms with Crippen molar-refractivity contribution >= 4 is 29.8 Å². The van der Waals surface area contributed by atoms with Crippen molar-refractivity contribution in [1.29, 1.82) is 0 Å². The molecule has 0 saturated heterocycles. The molecule has 0 spiro atoms. The molecular weight excluding hydrogens is 526 g/mol. The summed E-state index contributed by atoms with van der Waals surface area (Å²) in [7, 11) is 0. The molecule has 0 aliphatic rings. The Morgan fingerprint density at radius 2 is 0.900 bits per heavy atom. The van der Waals surface area contributed by atoms with Gasteiger partial charge in [-0.25, -0.2) is 0 Å². The lowest BCUT2D eigenvalue weighted by Gasteiger charge is -2.33. The van der Waals surface area contributed by atoms with Crippen molar-refractivity contribution in [3.05, 3.63) is 12.7 Å². The number of esters is 5. The number of hydrogen-bond acceptors (Lipinski definition) is 13. The van der Waals surface area contributed by atoms with E-state index in [0.717, 1.165) is 0 Å². The zero-order chi connectivity index (χ0) is 30.3. The molecule has 40 heavy (non-hydrogen) atoms. The van der Waals surface area contributed by atoms with Gasteiger partial charge in [0.05, 0.1) is 59.2 Å². The standard InChI is InChI=1S/C27H47N3O10/c1-7-13-22(27(35)40-12-6)30(16-14-28(18-23(31)36-8-2)19-24(32)37-9-3)17-15-29(20-25(33)38-10-4)21-26(34)39-11-5/h7,22H,1,8-21H2,2-6H3. The number of carbonyl (C=O) groups excluding carboxylic acids is 5. The molecule has 0 aliphatic heterocycles. The van der Waals surface area contributed by atoms with Crippen molar-refractivity contribution in [3.8, 4) is 0 Å². The second-order valence-electron chi connectivity index (χ2n) is 8.47. The van der Waals surface area contributed by atoms with Crippen molar-refractivity contribution in [1.82, 2.24) is 14.7 Å². The minimum atomic E-state index is -0.725. The van der Waals surface area contributed by atoms with Crippen LogP contribution in [-0.4, -0.2) is 136 Å². The third-order valence-electron chi connectivity index (χ3n) is 5.43. The van der Waals surface area contributed by atoms with Gasteiger partial charge in [-0.3, -0.25) is 38.7 Å². The van der Waals surface area contributed by atoms with Gasteiger partial charge in [-0.1, -0.05) is 6.08 Å². The second kappa shape index (κ2) is 22.8. The number of nitrogens with zero attached hydrogens (tertiary/aromatic N) is 3. The van der Waals surface area contributed by atoms with Crippen LogP contribution in [0.25, 0.3) is 0 Å². The van der Waals surface area contributed by atoms with Gasteiger partial charge < -0.3 is 23.7 Å². The quantitative estimate of drug-likeness (QED) is 0.0960. The van der Waals surface area contributed by atoms with E-state index >= 15 is 0 Å². The Morgan fingerprint density at radius 3 is 1.18 bits per heavy atom.